The van der Waals surface area contributed by atoms with Gasteiger partial charge in [-0.15, -0.1) is 0 Å². The minimum Gasteiger partial charge on any atom is -0.340 e. The molecule has 0 saturated carbocycles. The van der Waals surface area contributed by atoms with Crippen LogP contribution in [0, 0.1) is 0 Å². The molecule has 3 nitrogen and oxygen atoms in total. The maximum absolute atomic E-state index is 11.9. The standard InChI is InChI=1S/C13H10N2O/c16-13-9-5-1-2-6-10(9)14-11-7-3-4-8-12(11)15-13/h1-8,12H,(H,15,16). The monoisotopic (exact) mass is 210 g/mol. The second-order valence-corrected chi connectivity index (χ2v) is 3.75. The zero-order valence-electron chi connectivity index (χ0n) is 8.55. The van der Waals surface area contributed by atoms with Gasteiger partial charge in [-0.1, -0.05) is 30.4 Å². The van der Waals surface area contributed by atoms with Crippen LogP contribution in [0.1, 0.15) is 10.4 Å². The zero-order chi connectivity index (χ0) is 11.0. The Balaban J connectivity index is 2.16. The summed E-state index contributed by atoms with van der Waals surface area (Å²) in [6, 6.07) is 7.28. The Labute approximate surface area is 93.2 Å². The van der Waals surface area contributed by atoms with Crippen LogP contribution in [0.4, 0.5) is 5.69 Å². The highest BCUT2D eigenvalue weighted by Crippen LogP contribution is 2.23. The second-order valence-electron chi connectivity index (χ2n) is 3.75. The van der Waals surface area contributed by atoms with Crippen LogP contribution in [0.2, 0.25) is 0 Å². The molecule has 0 spiro atoms. The molecule has 1 N–H and O–H groups in total. The number of fused-ring (bicyclic) bond motifs is 2. The van der Waals surface area contributed by atoms with Gasteiger partial charge in [-0.25, -0.2) is 0 Å². The largest absolute Gasteiger partial charge is 0.340 e. The maximum Gasteiger partial charge on any atom is 0.254 e. The fourth-order valence-corrected chi connectivity index (χ4v) is 1.88. The third-order valence-electron chi connectivity index (χ3n) is 2.69. The molecule has 0 fully saturated rings. The SMILES string of the molecule is O=C1NC2C=CC=CC2=Nc2ccccc21. The van der Waals surface area contributed by atoms with Crippen LogP contribution in [0.3, 0.4) is 0 Å². The van der Waals surface area contributed by atoms with Crippen LogP contribution in [-0.2, 0) is 0 Å². The Morgan fingerprint density at radius 1 is 1.19 bits per heavy atom. The molecule has 2 aliphatic rings. The van der Waals surface area contributed by atoms with Crippen molar-refractivity contribution < 1.29 is 4.79 Å². The number of para-hydroxylation sites is 1. The van der Waals surface area contributed by atoms with Gasteiger partial charge in [0, 0.05) is 0 Å². The lowest BCUT2D eigenvalue weighted by Crippen LogP contribution is -2.38. The van der Waals surface area contributed by atoms with Crippen LogP contribution < -0.4 is 5.32 Å². The van der Waals surface area contributed by atoms with Crippen LogP contribution in [0.25, 0.3) is 0 Å². The quantitative estimate of drug-likeness (QED) is 0.699. The molecule has 1 aliphatic heterocycles. The van der Waals surface area contributed by atoms with Gasteiger partial charge in [0.25, 0.3) is 5.91 Å². The molecule has 3 rings (SSSR count). The molecule has 0 saturated heterocycles. The van der Waals surface area contributed by atoms with Crippen LogP contribution >= 0.6 is 0 Å². The molecule has 3 heteroatoms. The summed E-state index contributed by atoms with van der Waals surface area (Å²) in [7, 11) is 0. The van der Waals surface area contributed by atoms with E-state index in [4.69, 9.17) is 0 Å². The van der Waals surface area contributed by atoms with E-state index in [1.54, 1.807) is 6.07 Å². The first-order chi connectivity index (χ1) is 7.84. The Hall–Kier alpha value is -2.16. The molecule has 16 heavy (non-hydrogen) atoms. The van der Waals surface area contributed by atoms with Crippen molar-refractivity contribution in [2.24, 2.45) is 4.99 Å². The molecule has 78 valence electrons. The van der Waals surface area contributed by atoms with Crippen LogP contribution in [0.5, 0.6) is 0 Å². The van der Waals surface area contributed by atoms with Crippen molar-refractivity contribution in [1.82, 2.24) is 5.32 Å². The number of aliphatic imine (C=N–C) groups is 1. The Morgan fingerprint density at radius 3 is 3.00 bits per heavy atom. The minimum atomic E-state index is -0.107. The number of allylic oxidation sites excluding steroid dienone is 2. The number of amides is 1. The zero-order valence-corrected chi connectivity index (χ0v) is 8.55. The number of hydrogen-bond acceptors (Lipinski definition) is 2. The van der Waals surface area contributed by atoms with Crippen molar-refractivity contribution in [2.45, 2.75) is 6.04 Å². The molecular weight excluding hydrogens is 200 g/mol. The van der Waals surface area contributed by atoms with E-state index >= 15 is 0 Å². The summed E-state index contributed by atoms with van der Waals surface area (Å²) in [5, 5.41) is 2.93. The molecule has 1 heterocycles. The Kier molecular flexibility index (Phi) is 1.96. The third-order valence-corrected chi connectivity index (χ3v) is 2.69. The molecule has 1 unspecified atom stereocenters. The molecule has 1 aromatic carbocycles. The molecular formula is C13H10N2O. The molecule has 0 bridgehead atoms. The molecule has 0 radical (unpaired) electrons. The van der Waals surface area contributed by atoms with Crippen molar-refractivity contribution in [2.75, 3.05) is 0 Å². The van der Waals surface area contributed by atoms with Crippen molar-refractivity contribution in [1.29, 1.82) is 0 Å². The van der Waals surface area contributed by atoms with Gasteiger partial charge in [-0.2, -0.15) is 0 Å². The Bertz CT molecular complexity index is 541. The lowest BCUT2D eigenvalue weighted by atomic mass is 10.1. The molecule has 1 atom stereocenters. The van der Waals surface area contributed by atoms with E-state index in [1.165, 1.54) is 0 Å². The van der Waals surface area contributed by atoms with Crippen molar-refractivity contribution in [3.8, 4) is 0 Å². The average molecular weight is 210 g/mol. The summed E-state index contributed by atoms with van der Waals surface area (Å²) in [6.45, 7) is 0. The van der Waals surface area contributed by atoms with Crippen molar-refractivity contribution >= 4 is 17.3 Å². The van der Waals surface area contributed by atoms with Crippen LogP contribution in [-0.4, -0.2) is 17.7 Å². The number of carbonyl (C=O) groups is 1. The second kappa shape index (κ2) is 3.45. The van der Waals surface area contributed by atoms with Gasteiger partial charge in [0.05, 0.1) is 23.0 Å². The average Bonchev–Trinajstić information content (AvgIpc) is 2.45. The van der Waals surface area contributed by atoms with Gasteiger partial charge in [-0.3, -0.25) is 9.79 Å². The van der Waals surface area contributed by atoms with Crippen LogP contribution in [0.15, 0.2) is 53.6 Å². The van der Waals surface area contributed by atoms with E-state index in [1.807, 2.05) is 42.5 Å². The van der Waals surface area contributed by atoms with E-state index in [-0.39, 0.29) is 11.9 Å². The first-order valence-corrected chi connectivity index (χ1v) is 5.18. The topological polar surface area (TPSA) is 41.5 Å². The van der Waals surface area contributed by atoms with Gasteiger partial charge in [0.1, 0.15) is 0 Å². The fourth-order valence-electron chi connectivity index (χ4n) is 1.88. The number of nitrogens with one attached hydrogen (secondary N) is 1. The van der Waals surface area contributed by atoms with E-state index in [0.717, 1.165) is 11.4 Å². The lowest BCUT2D eigenvalue weighted by Gasteiger charge is -2.14. The smallest absolute Gasteiger partial charge is 0.254 e. The number of carbonyl (C=O) groups excluding carboxylic acids is 1. The summed E-state index contributed by atoms with van der Waals surface area (Å²) >= 11 is 0. The summed E-state index contributed by atoms with van der Waals surface area (Å²) in [5.74, 6) is -0.0701. The van der Waals surface area contributed by atoms with Gasteiger partial charge in [0.15, 0.2) is 0 Å². The molecule has 1 amide bonds. The minimum absolute atomic E-state index is 0.0701. The number of hydrogen-bond donors (Lipinski definition) is 1. The summed E-state index contributed by atoms with van der Waals surface area (Å²) in [4.78, 5) is 16.4. The van der Waals surface area contributed by atoms with Crippen molar-refractivity contribution in [3.05, 3.63) is 54.1 Å². The molecule has 0 aromatic heterocycles. The predicted molar refractivity (Wildman–Crippen MR) is 63.1 cm³/mol. The van der Waals surface area contributed by atoms with Gasteiger partial charge in [-0.05, 0) is 18.2 Å². The van der Waals surface area contributed by atoms with E-state index in [9.17, 15) is 4.79 Å². The van der Waals surface area contributed by atoms with Gasteiger partial charge in [0.2, 0.25) is 0 Å². The fraction of sp³-hybridized carbons (Fsp3) is 0.0769. The highest BCUT2D eigenvalue weighted by atomic mass is 16.1. The van der Waals surface area contributed by atoms with E-state index in [0.29, 0.717) is 5.56 Å². The first-order valence-electron chi connectivity index (χ1n) is 5.18. The Morgan fingerprint density at radius 2 is 2.06 bits per heavy atom. The number of rotatable bonds is 0. The summed E-state index contributed by atoms with van der Waals surface area (Å²) in [5.41, 5.74) is 2.24. The van der Waals surface area contributed by atoms with E-state index in [2.05, 4.69) is 10.3 Å². The predicted octanol–water partition coefficient (Wildman–Crippen LogP) is 2.00. The highest BCUT2D eigenvalue weighted by molar-refractivity contribution is 6.11. The lowest BCUT2D eigenvalue weighted by molar-refractivity contribution is 0.0954. The van der Waals surface area contributed by atoms with Gasteiger partial charge < -0.3 is 5.32 Å². The molecule has 1 aliphatic carbocycles. The summed E-state index contributed by atoms with van der Waals surface area (Å²) < 4.78 is 0. The maximum atomic E-state index is 11.9. The number of nitrogens with zero attached hydrogens (tertiary/aromatic N) is 1. The van der Waals surface area contributed by atoms with Crippen molar-refractivity contribution in [3.63, 3.8) is 0 Å². The third kappa shape index (κ3) is 1.37. The van der Waals surface area contributed by atoms with Gasteiger partial charge >= 0.3 is 0 Å². The molecule has 1 aromatic rings. The highest BCUT2D eigenvalue weighted by Gasteiger charge is 2.22. The number of benzene rings is 1. The summed E-state index contributed by atoms with van der Waals surface area (Å²) in [6.07, 6.45) is 7.70. The normalized spacial score (nSPS) is 21.6. The first kappa shape index (κ1) is 9.09. The van der Waals surface area contributed by atoms with E-state index < -0.39 is 0 Å².